The molecule has 8 nitrogen and oxygen atoms in total. The molecule has 0 saturated carbocycles. The van der Waals surface area contributed by atoms with E-state index in [0.717, 1.165) is 23.1 Å². The van der Waals surface area contributed by atoms with Gasteiger partial charge in [-0.3, -0.25) is 4.79 Å². The smallest absolute Gasteiger partial charge is 0.296 e. The molecule has 2 aromatic heterocycles. The Labute approximate surface area is 200 Å². The van der Waals surface area contributed by atoms with Gasteiger partial charge in [0.15, 0.2) is 11.8 Å². The normalized spacial score (nSPS) is 21.6. The predicted octanol–water partition coefficient (Wildman–Crippen LogP) is 3.98. The van der Waals surface area contributed by atoms with Crippen LogP contribution in [0.4, 0.5) is 0 Å². The number of hydrogen-bond acceptors (Lipinski definition) is 6. The Bertz CT molecular complexity index is 1390. The Hall–Kier alpha value is -3.46. The molecule has 4 heterocycles. The number of primary amides is 1. The Morgan fingerprint density at radius 3 is 2.71 bits per heavy atom. The molecule has 34 heavy (non-hydrogen) atoms. The maximum absolute atomic E-state index is 11.5. The molecule has 3 N–H and O–H groups in total. The van der Waals surface area contributed by atoms with Gasteiger partial charge >= 0.3 is 0 Å². The van der Waals surface area contributed by atoms with Gasteiger partial charge in [0.25, 0.3) is 6.01 Å². The number of nitrogens with two attached hydrogens (primary N) is 1. The summed E-state index contributed by atoms with van der Waals surface area (Å²) in [5.41, 5.74) is 10.4. The molecular formula is C25H21ClN4O4. The number of imidazole rings is 1. The Kier molecular flexibility index (Phi) is 5.21. The first kappa shape index (κ1) is 21.1. The van der Waals surface area contributed by atoms with Crippen LogP contribution in [0.1, 0.15) is 16.8 Å². The van der Waals surface area contributed by atoms with Gasteiger partial charge in [0.05, 0.1) is 28.9 Å². The minimum Gasteiger partial charge on any atom is -0.456 e. The van der Waals surface area contributed by atoms with Crippen LogP contribution in [0.15, 0.2) is 54.6 Å². The zero-order valence-electron chi connectivity index (χ0n) is 18.0. The lowest BCUT2D eigenvalue weighted by atomic mass is 10.0. The van der Waals surface area contributed by atoms with E-state index in [1.165, 1.54) is 0 Å². The Balaban J connectivity index is 1.26. The van der Waals surface area contributed by atoms with Crippen molar-refractivity contribution in [2.45, 2.75) is 24.7 Å². The minimum atomic E-state index is -0.457. The van der Waals surface area contributed by atoms with Gasteiger partial charge in [-0.25, -0.2) is 4.98 Å². The fourth-order valence-electron chi connectivity index (χ4n) is 4.50. The van der Waals surface area contributed by atoms with Crippen molar-refractivity contribution in [3.8, 4) is 28.4 Å². The number of hydrogen-bond donors (Lipinski definition) is 2. The molecule has 2 aliphatic rings. The zero-order chi connectivity index (χ0) is 23.2. The summed E-state index contributed by atoms with van der Waals surface area (Å²) >= 11 is 6.56. The summed E-state index contributed by atoms with van der Waals surface area (Å²) in [6.45, 7) is 1.16. The number of nitrogens with zero attached hydrogens (tertiary/aromatic N) is 2. The van der Waals surface area contributed by atoms with E-state index in [4.69, 9.17) is 31.5 Å². The number of pyridine rings is 1. The highest BCUT2D eigenvalue weighted by Gasteiger charge is 2.43. The quantitative estimate of drug-likeness (QED) is 0.450. The predicted molar refractivity (Wildman–Crippen MR) is 127 cm³/mol. The van der Waals surface area contributed by atoms with Crippen LogP contribution < -0.4 is 10.5 Å². The van der Waals surface area contributed by atoms with Crippen molar-refractivity contribution in [1.29, 1.82) is 0 Å². The highest BCUT2D eigenvalue weighted by molar-refractivity contribution is 6.33. The summed E-state index contributed by atoms with van der Waals surface area (Å²) in [5.74, 6) is -0.457. The van der Waals surface area contributed by atoms with E-state index < -0.39 is 5.91 Å². The number of fused-ring (bicyclic) bond motifs is 2. The van der Waals surface area contributed by atoms with Crippen LogP contribution >= 0.6 is 11.6 Å². The third-order valence-corrected chi connectivity index (χ3v) is 6.51. The molecule has 0 bridgehead atoms. The summed E-state index contributed by atoms with van der Waals surface area (Å²) < 4.78 is 17.5. The molecule has 2 aliphatic heterocycles. The van der Waals surface area contributed by atoms with Gasteiger partial charge in [-0.2, -0.15) is 4.98 Å². The fraction of sp³-hybridized carbons (Fsp3) is 0.240. The molecule has 0 spiro atoms. The molecule has 9 heteroatoms. The molecule has 172 valence electrons. The number of carbonyl (C=O) groups is 1. The van der Waals surface area contributed by atoms with Crippen molar-refractivity contribution in [1.82, 2.24) is 15.0 Å². The van der Waals surface area contributed by atoms with Crippen LogP contribution in [-0.2, 0) is 9.47 Å². The van der Waals surface area contributed by atoms with Gasteiger partial charge in [0.2, 0.25) is 5.91 Å². The van der Waals surface area contributed by atoms with Crippen LogP contribution in [0.25, 0.3) is 33.5 Å². The number of halogens is 1. The third kappa shape index (κ3) is 3.79. The van der Waals surface area contributed by atoms with Crippen LogP contribution in [0.2, 0.25) is 5.02 Å². The first-order valence-corrected chi connectivity index (χ1v) is 11.4. The third-order valence-electron chi connectivity index (χ3n) is 6.23. The van der Waals surface area contributed by atoms with Gasteiger partial charge in [-0.05, 0) is 35.7 Å². The van der Waals surface area contributed by atoms with E-state index in [1.54, 1.807) is 18.2 Å². The fourth-order valence-corrected chi connectivity index (χ4v) is 4.76. The number of amides is 1. The van der Waals surface area contributed by atoms with E-state index in [0.29, 0.717) is 46.7 Å². The first-order valence-electron chi connectivity index (χ1n) is 11.0. The number of nitrogens with one attached hydrogen (secondary N) is 1. The van der Waals surface area contributed by atoms with E-state index in [1.807, 2.05) is 36.4 Å². The Morgan fingerprint density at radius 1 is 1.06 bits per heavy atom. The Morgan fingerprint density at radius 2 is 1.88 bits per heavy atom. The molecule has 2 aromatic carbocycles. The maximum Gasteiger partial charge on any atom is 0.296 e. The highest BCUT2D eigenvalue weighted by Crippen LogP contribution is 2.33. The second-order valence-corrected chi connectivity index (χ2v) is 8.81. The SMILES string of the molecule is NC(=O)c1cccc(-c2ccc(-c3nc4nc(OC5COC6CCOC65)[nH]c4cc3Cl)cc2)c1. The van der Waals surface area contributed by atoms with Crippen molar-refractivity contribution in [3.05, 3.63) is 65.2 Å². The monoisotopic (exact) mass is 476 g/mol. The number of benzene rings is 2. The van der Waals surface area contributed by atoms with Gasteiger partial charge in [-0.1, -0.05) is 48.0 Å². The second kappa shape index (κ2) is 8.39. The van der Waals surface area contributed by atoms with Crippen molar-refractivity contribution in [3.63, 3.8) is 0 Å². The standard InChI is InChI=1S/C25H21ClN4O4/c26-17-11-18-24(30-25(28-18)34-20-12-33-19-8-9-32-22(19)20)29-21(17)14-6-4-13(5-7-14)15-2-1-3-16(10-15)23(27)31/h1-7,10-11,19-20,22H,8-9,12H2,(H2,27,31)(H,28,29,30). The zero-order valence-corrected chi connectivity index (χ0v) is 18.8. The molecule has 2 saturated heterocycles. The summed E-state index contributed by atoms with van der Waals surface area (Å²) in [7, 11) is 0. The van der Waals surface area contributed by atoms with E-state index in [2.05, 4.69) is 15.0 Å². The summed E-state index contributed by atoms with van der Waals surface area (Å²) in [5, 5.41) is 0.495. The largest absolute Gasteiger partial charge is 0.456 e. The molecular weight excluding hydrogens is 456 g/mol. The van der Waals surface area contributed by atoms with Crippen molar-refractivity contribution < 1.29 is 19.0 Å². The van der Waals surface area contributed by atoms with E-state index in [9.17, 15) is 4.79 Å². The second-order valence-electron chi connectivity index (χ2n) is 8.41. The van der Waals surface area contributed by atoms with Crippen molar-refractivity contribution in [2.75, 3.05) is 13.2 Å². The van der Waals surface area contributed by atoms with Gasteiger partial charge in [-0.15, -0.1) is 0 Å². The van der Waals surface area contributed by atoms with Crippen molar-refractivity contribution in [2.24, 2.45) is 5.73 Å². The van der Waals surface area contributed by atoms with Crippen LogP contribution in [0.3, 0.4) is 0 Å². The molecule has 0 aliphatic carbocycles. The minimum absolute atomic E-state index is 0.0671. The van der Waals surface area contributed by atoms with Crippen LogP contribution in [0, 0.1) is 0 Å². The molecule has 3 atom stereocenters. The average molecular weight is 477 g/mol. The molecule has 4 aromatic rings. The molecule has 3 unspecified atom stereocenters. The van der Waals surface area contributed by atoms with E-state index in [-0.39, 0.29) is 18.3 Å². The number of ether oxygens (including phenoxy) is 3. The number of H-pyrrole nitrogens is 1. The molecule has 1 amide bonds. The lowest BCUT2D eigenvalue weighted by Crippen LogP contribution is -2.32. The highest BCUT2D eigenvalue weighted by atomic mass is 35.5. The van der Waals surface area contributed by atoms with E-state index >= 15 is 0 Å². The maximum atomic E-state index is 11.5. The topological polar surface area (TPSA) is 112 Å². The number of rotatable bonds is 5. The summed E-state index contributed by atoms with van der Waals surface area (Å²) in [6.07, 6.45) is 0.710. The lowest BCUT2D eigenvalue weighted by Gasteiger charge is -2.15. The number of aromatic amines is 1. The number of aromatic nitrogens is 3. The van der Waals surface area contributed by atoms with Crippen molar-refractivity contribution >= 4 is 28.7 Å². The van der Waals surface area contributed by atoms with Crippen LogP contribution in [0.5, 0.6) is 6.01 Å². The van der Waals surface area contributed by atoms with Gasteiger partial charge in [0, 0.05) is 17.7 Å². The van der Waals surface area contributed by atoms with Crippen LogP contribution in [-0.4, -0.2) is 52.4 Å². The lowest BCUT2D eigenvalue weighted by molar-refractivity contribution is 0.0273. The first-order chi connectivity index (χ1) is 16.5. The summed E-state index contributed by atoms with van der Waals surface area (Å²) in [4.78, 5) is 23.8. The molecule has 0 radical (unpaired) electrons. The molecule has 6 rings (SSSR count). The summed E-state index contributed by atoms with van der Waals surface area (Å²) in [6, 6.07) is 17.1. The average Bonchev–Trinajstić information content (AvgIpc) is 3.56. The molecule has 2 fully saturated rings. The van der Waals surface area contributed by atoms with Gasteiger partial charge in [0.1, 0.15) is 6.10 Å². The van der Waals surface area contributed by atoms with Gasteiger partial charge < -0.3 is 24.9 Å². The number of carbonyl (C=O) groups excluding carboxylic acids is 1.